The van der Waals surface area contributed by atoms with E-state index in [0.29, 0.717) is 16.7 Å². The van der Waals surface area contributed by atoms with E-state index in [1.54, 1.807) is 12.1 Å². The van der Waals surface area contributed by atoms with Gasteiger partial charge in [-0.15, -0.1) is 5.10 Å². The highest BCUT2D eigenvalue weighted by Gasteiger charge is 2.16. The second kappa shape index (κ2) is 4.68. The smallest absolute Gasteiger partial charge is 0.337 e. The van der Waals surface area contributed by atoms with E-state index in [2.05, 4.69) is 26.2 Å². The second-order valence-electron chi connectivity index (χ2n) is 4.08. The molecule has 0 aliphatic rings. The summed E-state index contributed by atoms with van der Waals surface area (Å²) < 4.78 is 14.9. The molecule has 0 spiro atoms. The van der Waals surface area contributed by atoms with Gasteiger partial charge in [-0.2, -0.15) is 0 Å². The molecular formula is C13H7BrFN3O2. The summed E-state index contributed by atoms with van der Waals surface area (Å²) in [6, 6.07) is 9.05. The van der Waals surface area contributed by atoms with Crippen LogP contribution < -0.4 is 0 Å². The number of halogens is 2. The number of fused-ring (bicyclic) bond motifs is 1. The van der Waals surface area contributed by atoms with Gasteiger partial charge in [0.25, 0.3) is 0 Å². The molecule has 7 heteroatoms. The second-order valence-corrected chi connectivity index (χ2v) is 4.93. The molecule has 0 saturated carbocycles. The molecule has 0 saturated heterocycles. The Morgan fingerprint density at radius 2 is 2.10 bits per heavy atom. The van der Waals surface area contributed by atoms with Gasteiger partial charge in [-0.3, -0.25) is 0 Å². The van der Waals surface area contributed by atoms with Crippen molar-refractivity contribution in [3.8, 4) is 5.69 Å². The number of hydrogen-bond acceptors (Lipinski definition) is 3. The SMILES string of the molecule is O=C(O)c1cccc2nnn(-c3ccc(F)c(Br)c3)c12. The van der Waals surface area contributed by atoms with E-state index in [9.17, 15) is 14.3 Å². The molecule has 3 aromatic rings. The number of hydrogen-bond donors (Lipinski definition) is 1. The number of aromatic carboxylic acids is 1. The van der Waals surface area contributed by atoms with Crippen LogP contribution in [0.25, 0.3) is 16.7 Å². The molecule has 0 aliphatic heterocycles. The Morgan fingerprint density at radius 3 is 2.80 bits per heavy atom. The number of nitrogens with zero attached hydrogens (tertiary/aromatic N) is 3. The maximum Gasteiger partial charge on any atom is 0.337 e. The maximum absolute atomic E-state index is 13.3. The topological polar surface area (TPSA) is 68.0 Å². The van der Waals surface area contributed by atoms with Crippen LogP contribution in [-0.4, -0.2) is 26.1 Å². The molecule has 0 unspecified atom stereocenters. The average Bonchev–Trinajstić information content (AvgIpc) is 2.85. The predicted octanol–water partition coefficient (Wildman–Crippen LogP) is 3.02. The molecule has 0 radical (unpaired) electrons. The number of rotatable bonds is 2. The fourth-order valence-electron chi connectivity index (χ4n) is 1.94. The molecule has 0 aliphatic carbocycles. The fourth-order valence-corrected chi connectivity index (χ4v) is 2.31. The zero-order valence-electron chi connectivity index (χ0n) is 9.92. The Kier molecular flexibility index (Phi) is 2.98. The summed E-state index contributed by atoms with van der Waals surface area (Å²) in [7, 11) is 0. The molecule has 0 fully saturated rings. The van der Waals surface area contributed by atoms with Crippen molar-refractivity contribution in [1.29, 1.82) is 0 Å². The maximum atomic E-state index is 13.3. The van der Waals surface area contributed by atoms with E-state index in [-0.39, 0.29) is 10.0 Å². The Balaban J connectivity index is 2.31. The first-order valence-corrected chi connectivity index (χ1v) is 6.40. The van der Waals surface area contributed by atoms with E-state index in [4.69, 9.17) is 0 Å². The predicted molar refractivity (Wildman–Crippen MR) is 73.5 cm³/mol. The first-order valence-electron chi connectivity index (χ1n) is 5.61. The minimum absolute atomic E-state index is 0.0907. The van der Waals surface area contributed by atoms with Crippen LogP contribution in [0.1, 0.15) is 10.4 Å². The minimum Gasteiger partial charge on any atom is -0.478 e. The molecule has 20 heavy (non-hydrogen) atoms. The van der Waals surface area contributed by atoms with Gasteiger partial charge in [-0.25, -0.2) is 13.9 Å². The molecule has 1 N–H and O–H groups in total. The lowest BCUT2D eigenvalue weighted by atomic mass is 10.2. The highest BCUT2D eigenvalue weighted by molar-refractivity contribution is 9.10. The zero-order chi connectivity index (χ0) is 14.3. The summed E-state index contributed by atoms with van der Waals surface area (Å²) >= 11 is 3.09. The number of carboxylic acid groups (broad SMARTS) is 1. The number of para-hydroxylation sites is 1. The average molecular weight is 336 g/mol. The first kappa shape index (κ1) is 12.7. The van der Waals surface area contributed by atoms with E-state index in [1.807, 2.05) is 0 Å². The van der Waals surface area contributed by atoms with Gasteiger partial charge in [0.2, 0.25) is 0 Å². The van der Waals surface area contributed by atoms with Gasteiger partial charge in [0.05, 0.1) is 15.7 Å². The van der Waals surface area contributed by atoms with Gasteiger partial charge in [0.15, 0.2) is 0 Å². The lowest BCUT2D eigenvalue weighted by Gasteiger charge is -2.05. The molecule has 1 heterocycles. The third-order valence-corrected chi connectivity index (χ3v) is 3.45. The molecule has 0 atom stereocenters. The lowest BCUT2D eigenvalue weighted by molar-refractivity contribution is 0.0698. The minimum atomic E-state index is -1.07. The largest absolute Gasteiger partial charge is 0.478 e. The van der Waals surface area contributed by atoms with E-state index in [1.165, 1.54) is 28.9 Å². The quantitative estimate of drug-likeness (QED) is 0.781. The van der Waals surface area contributed by atoms with Crippen molar-refractivity contribution >= 4 is 32.9 Å². The Morgan fingerprint density at radius 1 is 1.30 bits per heavy atom. The van der Waals surface area contributed by atoms with Gasteiger partial charge >= 0.3 is 5.97 Å². The fraction of sp³-hybridized carbons (Fsp3) is 0. The van der Waals surface area contributed by atoms with Crippen LogP contribution in [0.3, 0.4) is 0 Å². The van der Waals surface area contributed by atoms with Crippen molar-refractivity contribution in [2.24, 2.45) is 0 Å². The molecular weight excluding hydrogens is 329 g/mol. The van der Waals surface area contributed by atoms with Crippen LogP contribution >= 0.6 is 15.9 Å². The van der Waals surface area contributed by atoms with E-state index in [0.717, 1.165) is 0 Å². The summed E-state index contributed by atoms with van der Waals surface area (Å²) in [6.45, 7) is 0. The molecule has 0 bridgehead atoms. The van der Waals surface area contributed by atoms with E-state index >= 15 is 0 Å². The van der Waals surface area contributed by atoms with Gasteiger partial charge in [-0.1, -0.05) is 11.3 Å². The Hall–Kier alpha value is -2.28. The Labute approximate surface area is 120 Å². The van der Waals surface area contributed by atoms with Gasteiger partial charge in [0, 0.05) is 0 Å². The number of carboxylic acids is 1. The highest BCUT2D eigenvalue weighted by atomic mass is 79.9. The number of benzene rings is 2. The van der Waals surface area contributed by atoms with E-state index < -0.39 is 11.8 Å². The summed E-state index contributed by atoms with van der Waals surface area (Å²) in [5, 5.41) is 17.1. The van der Waals surface area contributed by atoms with Crippen LogP contribution in [0, 0.1) is 5.82 Å². The third-order valence-electron chi connectivity index (χ3n) is 2.85. The van der Waals surface area contributed by atoms with Crippen molar-refractivity contribution in [1.82, 2.24) is 15.0 Å². The van der Waals surface area contributed by atoms with Crippen LogP contribution in [-0.2, 0) is 0 Å². The third kappa shape index (κ3) is 1.96. The monoisotopic (exact) mass is 335 g/mol. The Bertz CT molecular complexity index is 832. The number of aromatic nitrogens is 3. The van der Waals surface area contributed by atoms with Crippen molar-refractivity contribution in [3.63, 3.8) is 0 Å². The van der Waals surface area contributed by atoms with Gasteiger partial charge < -0.3 is 5.11 Å². The van der Waals surface area contributed by atoms with Crippen LogP contribution in [0.2, 0.25) is 0 Å². The lowest BCUT2D eigenvalue weighted by Crippen LogP contribution is -2.03. The van der Waals surface area contributed by atoms with Crippen molar-refractivity contribution in [2.45, 2.75) is 0 Å². The first-order chi connectivity index (χ1) is 9.58. The van der Waals surface area contributed by atoms with Crippen LogP contribution in [0.15, 0.2) is 40.9 Å². The van der Waals surface area contributed by atoms with Crippen molar-refractivity contribution in [2.75, 3.05) is 0 Å². The molecule has 0 amide bonds. The standard InChI is InChI=1S/C13H7BrFN3O2/c14-9-6-7(4-5-10(9)15)18-12-8(13(19)20)2-1-3-11(12)16-17-18/h1-6H,(H,19,20). The molecule has 100 valence electrons. The summed E-state index contributed by atoms with van der Waals surface area (Å²) in [4.78, 5) is 11.3. The summed E-state index contributed by atoms with van der Waals surface area (Å²) in [6.07, 6.45) is 0. The van der Waals surface area contributed by atoms with Crippen LogP contribution in [0.5, 0.6) is 0 Å². The molecule has 5 nitrogen and oxygen atoms in total. The molecule has 1 aromatic heterocycles. The normalized spacial score (nSPS) is 10.9. The van der Waals surface area contributed by atoms with Gasteiger partial charge in [0.1, 0.15) is 16.9 Å². The van der Waals surface area contributed by atoms with Gasteiger partial charge in [-0.05, 0) is 46.3 Å². The molecule has 3 rings (SSSR count). The number of carbonyl (C=O) groups is 1. The highest BCUT2D eigenvalue weighted by Crippen LogP contribution is 2.24. The van der Waals surface area contributed by atoms with Crippen molar-refractivity contribution in [3.05, 3.63) is 52.3 Å². The summed E-state index contributed by atoms with van der Waals surface area (Å²) in [5.74, 6) is -1.48. The zero-order valence-corrected chi connectivity index (χ0v) is 11.5. The summed E-state index contributed by atoms with van der Waals surface area (Å²) in [5.41, 5.74) is 1.45. The van der Waals surface area contributed by atoms with Crippen molar-refractivity contribution < 1.29 is 14.3 Å². The molecule has 2 aromatic carbocycles. The van der Waals surface area contributed by atoms with Crippen LogP contribution in [0.4, 0.5) is 4.39 Å².